The van der Waals surface area contributed by atoms with E-state index in [0.717, 1.165) is 34.5 Å². The Hall–Kier alpha value is -3.53. The van der Waals surface area contributed by atoms with Gasteiger partial charge in [-0.3, -0.25) is 4.79 Å². The molecule has 0 fully saturated rings. The minimum atomic E-state index is -3.74. The van der Waals surface area contributed by atoms with Crippen molar-refractivity contribution in [3.05, 3.63) is 76.9 Å². The SMILES string of the molecule is COc1cc(C)c(S(=O)(=O)N(C)CCC(=O)Cc2ccc(-c3nc4cc(CN(C)C)ccc4n3C)cc2)c(C)c1. The predicted molar refractivity (Wildman–Crippen MR) is 159 cm³/mol. The van der Waals surface area contributed by atoms with E-state index < -0.39 is 10.0 Å². The fraction of sp³-hybridized carbons (Fsp3) is 0.355. The number of Topliss-reactive ketones (excluding diaryl/α,β-unsaturated/α-hetero) is 1. The molecule has 0 aliphatic heterocycles. The first-order valence-corrected chi connectivity index (χ1v) is 14.7. The number of ether oxygens (including phenoxy) is 1. The second kappa shape index (κ2) is 11.9. The van der Waals surface area contributed by atoms with Gasteiger partial charge in [0.05, 0.1) is 23.0 Å². The highest BCUT2D eigenvalue weighted by molar-refractivity contribution is 7.89. The van der Waals surface area contributed by atoms with Crippen molar-refractivity contribution in [1.29, 1.82) is 0 Å². The summed E-state index contributed by atoms with van der Waals surface area (Å²) in [5.74, 6) is 1.46. The monoisotopic (exact) mass is 562 g/mol. The Morgan fingerprint density at radius 1 is 0.950 bits per heavy atom. The minimum absolute atomic E-state index is 0.0193. The van der Waals surface area contributed by atoms with Gasteiger partial charge in [0.2, 0.25) is 10.0 Å². The van der Waals surface area contributed by atoms with Crippen LogP contribution in [0.25, 0.3) is 22.4 Å². The van der Waals surface area contributed by atoms with Gasteiger partial charge in [-0.15, -0.1) is 0 Å². The summed E-state index contributed by atoms with van der Waals surface area (Å²) < 4.78 is 35.1. The average molecular weight is 563 g/mol. The normalized spacial score (nSPS) is 12.0. The van der Waals surface area contributed by atoms with Crippen molar-refractivity contribution in [1.82, 2.24) is 18.8 Å². The molecular weight excluding hydrogens is 524 g/mol. The van der Waals surface area contributed by atoms with Crippen molar-refractivity contribution >= 4 is 26.8 Å². The maximum atomic E-state index is 13.2. The Morgan fingerprint density at radius 3 is 2.17 bits per heavy atom. The van der Waals surface area contributed by atoms with Crippen molar-refractivity contribution in [2.24, 2.45) is 7.05 Å². The maximum Gasteiger partial charge on any atom is 0.243 e. The van der Waals surface area contributed by atoms with Crippen LogP contribution in [0, 0.1) is 13.8 Å². The lowest BCUT2D eigenvalue weighted by Gasteiger charge is -2.20. The van der Waals surface area contributed by atoms with Crippen LogP contribution in [0.3, 0.4) is 0 Å². The molecule has 0 saturated carbocycles. The lowest BCUT2D eigenvalue weighted by molar-refractivity contribution is -0.118. The largest absolute Gasteiger partial charge is 0.497 e. The summed E-state index contributed by atoms with van der Waals surface area (Å²) in [5.41, 5.74) is 6.32. The molecule has 0 saturated heterocycles. The molecule has 1 aromatic heterocycles. The van der Waals surface area contributed by atoms with Crippen LogP contribution in [0.1, 0.15) is 28.7 Å². The van der Waals surface area contributed by atoms with Crippen LogP contribution < -0.4 is 4.74 Å². The van der Waals surface area contributed by atoms with Gasteiger partial charge >= 0.3 is 0 Å². The maximum absolute atomic E-state index is 13.2. The smallest absolute Gasteiger partial charge is 0.243 e. The van der Waals surface area contributed by atoms with E-state index in [1.165, 1.54) is 16.9 Å². The molecule has 0 N–H and O–H groups in total. The number of sulfonamides is 1. The Labute approximate surface area is 237 Å². The zero-order valence-electron chi connectivity index (χ0n) is 24.4. The van der Waals surface area contributed by atoms with Gasteiger partial charge in [-0.1, -0.05) is 30.3 Å². The summed E-state index contributed by atoms with van der Waals surface area (Å²) in [6.07, 6.45) is 0.372. The van der Waals surface area contributed by atoms with E-state index in [0.29, 0.717) is 16.9 Å². The number of rotatable bonds is 11. The quantitative estimate of drug-likeness (QED) is 0.262. The van der Waals surface area contributed by atoms with Gasteiger partial charge in [0, 0.05) is 45.6 Å². The fourth-order valence-corrected chi connectivity index (χ4v) is 6.62. The Morgan fingerprint density at radius 2 is 1.57 bits per heavy atom. The van der Waals surface area contributed by atoms with Crippen LogP contribution in [-0.4, -0.2) is 67.8 Å². The second-order valence-corrected chi connectivity index (χ2v) is 12.6. The van der Waals surface area contributed by atoms with Crippen LogP contribution >= 0.6 is 0 Å². The van der Waals surface area contributed by atoms with E-state index in [1.807, 2.05) is 45.4 Å². The van der Waals surface area contributed by atoms with Crippen LogP contribution in [-0.2, 0) is 34.8 Å². The number of imidazole rings is 1. The first-order chi connectivity index (χ1) is 18.9. The van der Waals surface area contributed by atoms with Crippen molar-refractivity contribution in [3.8, 4) is 17.1 Å². The molecule has 3 aromatic carbocycles. The van der Waals surface area contributed by atoms with Gasteiger partial charge in [0.25, 0.3) is 0 Å². The number of fused-ring (bicyclic) bond motifs is 1. The third kappa shape index (κ3) is 6.27. The molecule has 0 spiro atoms. The molecule has 0 bridgehead atoms. The molecule has 0 aliphatic rings. The number of hydrogen-bond donors (Lipinski definition) is 0. The molecule has 0 unspecified atom stereocenters. The third-order valence-electron chi connectivity index (χ3n) is 7.10. The van der Waals surface area contributed by atoms with E-state index in [-0.39, 0.29) is 30.1 Å². The number of carbonyl (C=O) groups excluding carboxylic acids is 1. The first-order valence-electron chi connectivity index (χ1n) is 13.2. The molecule has 0 amide bonds. The molecule has 212 valence electrons. The van der Waals surface area contributed by atoms with Crippen molar-refractivity contribution in [2.45, 2.75) is 38.1 Å². The molecule has 0 aliphatic carbocycles. The summed E-state index contributed by atoms with van der Waals surface area (Å²) in [7, 11) is 5.43. The molecule has 1 heterocycles. The third-order valence-corrected chi connectivity index (χ3v) is 9.26. The summed E-state index contributed by atoms with van der Waals surface area (Å²) >= 11 is 0. The van der Waals surface area contributed by atoms with E-state index >= 15 is 0 Å². The molecule has 0 atom stereocenters. The number of nitrogens with zero attached hydrogens (tertiary/aromatic N) is 4. The average Bonchev–Trinajstić information content (AvgIpc) is 3.22. The number of hydrogen-bond acceptors (Lipinski definition) is 6. The van der Waals surface area contributed by atoms with E-state index in [9.17, 15) is 13.2 Å². The highest BCUT2D eigenvalue weighted by atomic mass is 32.2. The second-order valence-electron chi connectivity index (χ2n) is 10.6. The van der Waals surface area contributed by atoms with Gasteiger partial charge in [-0.05, 0) is 74.5 Å². The topological polar surface area (TPSA) is 84.7 Å². The summed E-state index contributed by atoms with van der Waals surface area (Å²) in [6.45, 7) is 4.47. The van der Waals surface area contributed by atoms with Crippen molar-refractivity contribution < 1.29 is 17.9 Å². The molecule has 0 radical (unpaired) electrons. The number of methoxy groups -OCH3 is 1. The molecule has 9 heteroatoms. The summed E-state index contributed by atoms with van der Waals surface area (Å²) in [6, 6.07) is 17.6. The summed E-state index contributed by atoms with van der Waals surface area (Å²) in [4.78, 5) is 20.0. The van der Waals surface area contributed by atoms with Crippen LogP contribution in [0.5, 0.6) is 5.75 Å². The minimum Gasteiger partial charge on any atom is -0.497 e. The van der Waals surface area contributed by atoms with E-state index in [1.54, 1.807) is 33.1 Å². The molecule has 40 heavy (non-hydrogen) atoms. The number of aryl methyl sites for hydroxylation is 3. The fourth-order valence-electron chi connectivity index (χ4n) is 5.05. The van der Waals surface area contributed by atoms with E-state index in [4.69, 9.17) is 9.72 Å². The van der Waals surface area contributed by atoms with Gasteiger partial charge in [-0.25, -0.2) is 17.7 Å². The van der Waals surface area contributed by atoms with E-state index in [2.05, 4.69) is 27.7 Å². The van der Waals surface area contributed by atoms with Gasteiger partial charge in [0.1, 0.15) is 17.4 Å². The van der Waals surface area contributed by atoms with Crippen molar-refractivity contribution in [3.63, 3.8) is 0 Å². The van der Waals surface area contributed by atoms with Gasteiger partial charge in [-0.2, -0.15) is 0 Å². The lowest BCUT2D eigenvalue weighted by atomic mass is 10.0. The van der Waals surface area contributed by atoms with Gasteiger partial charge in [0.15, 0.2) is 0 Å². The first kappa shape index (κ1) is 29.5. The zero-order chi connectivity index (χ0) is 29.2. The number of ketones is 1. The summed E-state index contributed by atoms with van der Waals surface area (Å²) in [5, 5.41) is 0. The van der Waals surface area contributed by atoms with Gasteiger partial charge < -0.3 is 14.2 Å². The molecule has 4 rings (SSSR count). The number of aromatic nitrogens is 2. The highest BCUT2D eigenvalue weighted by Crippen LogP contribution is 2.28. The predicted octanol–water partition coefficient (Wildman–Crippen LogP) is 4.75. The van der Waals surface area contributed by atoms with Crippen LogP contribution in [0.2, 0.25) is 0 Å². The molecule has 8 nitrogen and oxygen atoms in total. The Bertz CT molecular complexity index is 1620. The van der Waals surface area contributed by atoms with Crippen molar-refractivity contribution in [2.75, 3.05) is 34.8 Å². The van der Waals surface area contributed by atoms with Crippen LogP contribution in [0.15, 0.2) is 59.5 Å². The lowest BCUT2D eigenvalue weighted by Crippen LogP contribution is -2.30. The number of carbonyl (C=O) groups is 1. The Balaban J connectivity index is 1.41. The zero-order valence-corrected chi connectivity index (χ0v) is 25.2. The Kier molecular flexibility index (Phi) is 8.77. The van der Waals surface area contributed by atoms with Crippen LogP contribution in [0.4, 0.5) is 0 Å². The standard InChI is InChI=1S/C31H38N4O4S/c1-21-16-27(39-7)17-22(2)30(21)40(37,38)34(5)15-14-26(36)18-23-8-11-25(12-9-23)31-32-28-19-24(20-33(3)4)10-13-29(28)35(31)6/h8-13,16-17,19H,14-15,18,20H2,1-7H3. The highest BCUT2D eigenvalue weighted by Gasteiger charge is 2.26. The molecular formula is C31H38N4O4S. The molecule has 4 aromatic rings. The number of benzene rings is 3.